The minimum absolute atomic E-state index is 0.0293. The Hall–Kier alpha value is -1.06. The molecule has 1 heterocycles. The van der Waals surface area contributed by atoms with Crippen molar-refractivity contribution in [1.82, 2.24) is 0 Å². The van der Waals surface area contributed by atoms with E-state index in [1.54, 1.807) is 32.0 Å². The second-order valence-electron chi connectivity index (χ2n) is 6.25. The third kappa shape index (κ3) is 2.82. The zero-order valence-corrected chi connectivity index (χ0v) is 14.0. The summed E-state index contributed by atoms with van der Waals surface area (Å²) in [5.41, 5.74) is -0.499. The van der Waals surface area contributed by atoms with E-state index < -0.39 is 23.4 Å². The lowest BCUT2D eigenvalue weighted by Crippen LogP contribution is -2.49. The van der Waals surface area contributed by atoms with Crippen molar-refractivity contribution in [3.8, 4) is 0 Å². The molecule has 0 saturated carbocycles. The molecule has 0 aliphatic carbocycles. The van der Waals surface area contributed by atoms with Crippen LogP contribution in [0.1, 0.15) is 39.4 Å². The van der Waals surface area contributed by atoms with Gasteiger partial charge in [0.1, 0.15) is 11.5 Å². The maximum absolute atomic E-state index is 12.7. The van der Waals surface area contributed by atoms with Gasteiger partial charge in [0.05, 0.1) is 5.92 Å². The lowest BCUT2D eigenvalue weighted by atomic mass is 9.71. The number of carbonyl (C=O) groups is 2. The van der Waals surface area contributed by atoms with Crippen LogP contribution in [0.4, 0.5) is 0 Å². The summed E-state index contributed by atoms with van der Waals surface area (Å²) in [6.45, 7) is 7.09. The topological polar surface area (TPSA) is 43.4 Å². The molecule has 0 aromatic heterocycles. The number of hydrogen-bond acceptors (Lipinski definition) is 3. The van der Waals surface area contributed by atoms with Crippen molar-refractivity contribution in [3.63, 3.8) is 0 Å². The van der Waals surface area contributed by atoms with Crippen LogP contribution in [0.2, 0.25) is 10.0 Å². The van der Waals surface area contributed by atoms with Crippen LogP contribution in [-0.4, -0.2) is 11.8 Å². The Morgan fingerprint density at radius 3 is 2.33 bits per heavy atom. The van der Waals surface area contributed by atoms with E-state index >= 15 is 0 Å². The molecular formula is C16H18Cl2O3. The highest BCUT2D eigenvalue weighted by atomic mass is 35.5. The fourth-order valence-corrected chi connectivity index (χ4v) is 3.15. The fourth-order valence-electron chi connectivity index (χ4n) is 2.63. The van der Waals surface area contributed by atoms with Gasteiger partial charge in [-0.15, -0.1) is 0 Å². The van der Waals surface area contributed by atoms with Crippen LogP contribution in [0.15, 0.2) is 18.2 Å². The second-order valence-corrected chi connectivity index (χ2v) is 7.09. The number of halogens is 2. The highest BCUT2D eigenvalue weighted by molar-refractivity contribution is 6.35. The third-order valence-corrected chi connectivity index (χ3v) is 4.54. The molecule has 0 N–H and O–H groups in total. The average molecular weight is 329 g/mol. The highest BCUT2D eigenvalue weighted by Gasteiger charge is 2.52. The molecule has 0 radical (unpaired) electrons. The summed E-state index contributed by atoms with van der Waals surface area (Å²) < 4.78 is 5.57. The number of esters is 1. The SMILES string of the molecule is CC(C)C1C(=O)C(C)(C)C(=O)OC1c1ccc(Cl)cc1Cl. The van der Waals surface area contributed by atoms with E-state index in [1.165, 1.54) is 0 Å². The van der Waals surface area contributed by atoms with Crippen molar-refractivity contribution < 1.29 is 14.3 Å². The van der Waals surface area contributed by atoms with Crippen molar-refractivity contribution in [1.29, 1.82) is 0 Å². The maximum atomic E-state index is 12.7. The average Bonchev–Trinajstić information content (AvgIpc) is 2.35. The molecule has 1 aromatic rings. The summed E-state index contributed by atoms with van der Waals surface area (Å²) in [6.07, 6.45) is -0.664. The maximum Gasteiger partial charge on any atom is 0.319 e. The molecule has 1 saturated heterocycles. The first-order chi connectivity index (χ1) is 9.66. The summed E-state index contributed by atoms with van der Waals surface area (Å²) in [7, 11) is 0. The Balaban J connectivity index is 2.51. The second kappa shape index (κ2) is 5.62. The van der Waals surface area contributed by atoms with Crippen molar-refractivity contribution in [2.75, 3.05) is 0 Å². The zero-order valence-electron chi connectivity index (χ0n) is 12.4. The number of rotatable bonds is 2. The molecule has 3 nitrogen and oxygen atoms in total. The zero-order chi connectivity index (χ0) is 15.9. The van der Waals surface area contributed by atoms with Gasteiger partial charge in [0.15, 0.2) is 5.78 Å². The first-order valence-corrected chi connectivity index (χ1v) is 7.62. The smallest absolute Gasteiger partial charge is 0.319 e. The predicted octanol–water partition coefficient (Wildman–Crippen LogP) is 4.46. The Morgan fingerprint density at radius 1 is 1.19 bits per heavy atom. The number of ether oxygens (including phenoxy) is 1. The van der Waals surface area contributed by atoms with Crippen molar-refractivity contribution in [3.05, 3.63) is 33.8 Å². The van der Waals surface area contributed by atoms with Gasteiger partial charge in [0, 0.05) is 15.6 Å². The Kier molecular flexibility index (Phi) is 4.36. The lowest BCUT2D eigenvalue weighted by molar-refractivity contribution is -0.181. The molecule has 0 amide bonds. The summed E-state index contributed by atoms with van der Waals surface area (Å²) >= 11 is 12.1. The van der Waals surface area contributed by atoms with Crippen LogP contribution in [-0.2, 0) is 14.3 Å². The van der Waals surface area contributed by atoms with Gasteiger partial charge in [-0.05, 0) is 31.9 Å². The van der Waals surface area contributed by atoms with E-state index in [1.807, 2.05) is 13.8 Å². The van der Waals surface area contributed by atoms with Gasteiger partial charge >= 0.3 is 5.97 Å². The molecule has 1 fully saturated rings. The number of benzene rings is 1. The molecule has 2 atom stereocenters. The minimum atomic E-state index is -1.12. The molecule has 5 heteroatoms. The number of cyclic esters (lactones) is 1. The lowest BCUT2D eigenvalue weighted by Gasteiger charge is -2.40. The van der Waals surface area contributed by atoms with E-state index in [-0.39, 0.29) is 11.7 Å². The molecule has 2 unspecified atom stereocenters. The van der Waals surface area contributed by atoms with Crippen molar-refractivity contribution in [2.45, 2.75) is 33.8 Å². The molecule has 21 heavy (non-hydrogen) atoms. The Bertz CT molecular complexity index is 593. The van der Waals surface area contributed by atoms with Gasteiger partial charge in [0.2, 0.25) is 0 Å². The summed E-state index contributed by atoms with van der Waals surface area (Å²) in [5.74, 6) is -1.01. The van der Waals surface area contributed by atoms with Crippen LogP contribution >= 0.6 is 23.2 Å². The number of ketones is 1. The molecule has 1 aromatic carbocycles. The number of hydrogen-bond donors (Lipinski definition) is 0. The van der Waals surface area contributed by atoms with Crippen molar-refractivity contribution in [2.24, 2.45) is 17.3 Å². The molecule has 2 rings (SSSR count). The van der Waals surface area contributed by atoms with Gasteiger partial charge in [-0.2, -0.15) is 0 Å². The first-order valence-electron chi connectivity index (χ1n) is 6.86. The molecule has 0 spiro atoms. The third-order valence-electron chi connectivity index (χ3n) is 3.98. The standard InChI is InChI=1S/C16H18Cl2O3/c1-8(2)12-13(10-6-5-9(17)7-11(10)18)21-15(20)16(3,4)14(12)19/h5-8,12-13H,1-4H3. The monoisotopic (exact) mass is 328 g/mol. The van der Waals surface area contributed by atoms with E-state index in [0.29, 0.717) is 15.6 Å². The summed E-state index contributed by atoms with van der Waals surface area (Å²) in [4.78, 5) is 24.8. The van der Waals surface area contributed by atoms with Crippen LogP contribution in [0.3, 0.4) is 0 Å². The van der Waals surface area contributed by atoms with Crippen LogP contribution in [0, 0.1) is 17.3 Å². The highest BCUT2D eigenvalue weighted by Crippen LogP contribution is 2.45. The van der Waals surface area contributed by atoms with Crippen molar-refractivity contribution >= 4 is 35.0 Å². The van der Waals surface area contributed by atoms with Gasteiger partial charge in [-0.25, -0.2) is 0 Å². The molecule has 1 aliphatic heterocycles. The minimum Gasteiger partial charge on any atom is -0.456 e. The van der Waals surface area contributed by atoms with Crippen LogP contribution < -0.4 is 0 Å². The molecule has 0 bridgehead atoms. The molecule has 114 valence electrons. The predicted molar refractivity (Wildman–Crippen MR) is 82.4 cm³/mol. The van der Waals surface area contributed by atoms with E-state index in [2.05, 4.69) is 0 Å². The van der Waals surface area contributed by atoms with E-state index in [4.69, 9.17) is 27.9 Å². The van der Waals surface area contributed by atoms with E-state index in [0.717, 1.165) is 0 Å². The molecular weight excluding hydrogens is 311 g/mol. The largest absolute Gasteiger partial charge is 0.456 e. The summed E-state index contributed by atoms with van der Waals surface area (Å²) in [5, 5.41) is 0.900. The fraction of sp³-hybridized carbons (Fsp3) is 0.500. The normalized spacial score (nSPS) is 25.1. The molecule has 1 aliphatic rings. The van der Waals surface area contributed by atoms with E-state index in [9.17, 15) is 9.59 Å². The van der Waals surface area contributed by atoms with Crippen LogP contribution in [0.5, 0.6) is 0 Å². The Labute approximate surface area is 134 Å². The quantitative estimate of drug-likeness (QED) is 0.594. The number of Topliss-reactive ketones (excluding diaryl/α,β-unsaturated/α-hetero) is 1. The van der Waals surface area contributed by atoms with Gasteiger partial charge in [-0.1, -0.05) is 43.1 Å². The van der Waals surface area contributed by atoms with Gasteiger partial charge in [-0.3, -0.25) is 9.59 Å². The summed E-state index contributed by atoms with van der Waals surface area (Å²) in [6, 6.07) is 4.98. The van der Waals surface area contributed by atoms with Crippen LogP contribution in [0.25, 0.3) is 0 Å². The Morgan fingerprint density at radius 2 is 1.81 bits per heavy atom. The number of carbonyl (C=O) groups excluding carboxylic acids is 2. The van der Waals surface area contributed by atoms with Gasteiger partial charge < -0.3 is 4.74 Å². The first kappa shape index (κ1) is 16.3. The van der Waals surface area contributed by atoms with Gasteiger partial charge in [0.25, 0.3) is 0 Å².